The van der Waals surface area contributed by atoms with E-state index in [4.69, 9.17) is 16.3 Å². The van der Waals surface area contributed by atoms with Crippen LogP contribution in [0.15, 0.2) is 115 Å². The smallest absolute Gasteiger partial charge is 0.330 e. The SMILES string of the molecule is O=C(OC(c1ccccc1)c1ccccc1)[C@@H]1[C@H]2C(=O)N(c3cccc(Cl)c3)C(=O)[C@@H]2[C@H]2C=Cc3ccccc3N21. The third-order valence-electron chi connectivity index (χ3n) is 8.16. The van der Waals surface area contributed by atoms with Crippen molar-refractivity contribution in [3.63, 3.8) is 0 Å². The van der Waals surface area contributed by atoms with E-state index in [0.29, 0.717) is 10.7 Å². The van der Waals surface area contributed by atoms with Gasteiger partial charge in [-0.25, -0.2) is 9.69 Å². The van der Waals surface area contributed by atoms with Crippen molar-refractivity contribution in [3.8, 4) is 0 Å². The molecule has 6 nitrogen and oxygen atoms in total. The number of benzene rings is 4. The number of hydrogen-bond donors (Lipinski definition) is 0. The minimum Gasteiger partial charge on any atom is -0.451 e. The Labute approximate surface area is 242 Å². The van der Waals surface area contributed by atoms with Gasteiger partial charge in [0.2, 0.25) is 11.8 Å². The lowest BCUT2D eigenvalue weighted by Gasteiger charge is -2.36. The lowest BCUT2D eigenvalue weighted by Crippen LogP contribution is -2.49. The Morgan fingerprint density at radius 2 is 1.39 bits per heavy atom. The second-order valence-electron chi connectivity index (χ2n) is 10.4. The first-order valence-corrected chi connectivity index (χ1v) is 13.9. The van der Waals surface area contributed by atoms with Gasteiger partial charge in [-0.15, -0.1) is 0 Å². The maximum atomic E-state index is 14.4. The minimum absolute atomic E-state index is 0.348. The van der Waals surface area contributed by atoms with Gasteiger partial charge in [-0.05, 0) is 41.0 Å². The molecule has 2 fully saturated rings. The zero-order chi connectivity index (χ0) is 28.1. The summed E-state index contributed by atoms with van der Waals surface area (Å²) < 4.78 is 6.31. The Morgan fingerprint density at radius 3 is 2.07 bits per heavy atom. The Hall–Kier alpha value is -4.68. The molecule has 2 amide bonds. The number of para-hydroxylation sites is 1. The highest BCUT2D eigenvalue weighted by Crippen LogP contribution is 2.50. The van der Waals surface area contributed by atoms with Gasteiger partial charge in [-0.2, -0.15) is 0 Å². The average molecular weight is 561 g/mol. The molecule has 4 aromatic carbocycles. The molecule has 4 atom stereocenters. The van der Waals surface area contributed by atoms with Crippen molar-refractivity contribution in [2.24, 2.45) is 11.8 Å². The van der Waals surface area contributed by atoms with Crippen LogP contribution in [0, 0.1) is 11.8 Å². The Kier molecular flexibility index (Phi) is 6.20. The summed E-state index contributed by atoms with van der Waals surface area (Å²) in [6.07, 6.45) is 3.19. The fourth-order valence-electron chi connectivity index (χ4n) is 6.42. The van der Waals surface area contributed by atoms with E-state index in [1.807, 2.05) is 102 Å². The van der Waals surface area contributed by atoms with Gasteiger partial charge in [0.05, 0.1) is 23.6 Å². The summed E-state index contributed by atoms with van der Waals surface area (Å²) in [5, 5.41) is 0.415. The maximum absolute atomic E-state index is 14.4. The molecule has 0 spiro atoms. The van der Waals surface area contributed by atoms with Gasteiger partial charge < -0.3 is 9.64 Å². The number of ether oxygens (including phenoxy) is 1. The number of fused-ring (bicyclic) bond motifs is 5. The number of nitrogens with zero attached hydrogens (tertiary/aromatic N) is 2. The van der Waals surface area contributed by atoms with Crippen LogP contribution in [0.2, 0.25) is 5.02 Å². The number of halogens is 1. The van der Waals surface area contributed by atoms with Crippen molar-refractivity contribution in [2.45, 2.75) is 18.2 Å². The third kappa shape index (κ3) is 4.14. The molecule has 0 radical (unpaired) electrons. The van der Waals surface area contributed by atoms with E-state index in [1.54, 1.807) is 24.3 Å². The molecule has 0 aliphatic carbocycles. The van der Waals surface area contributed by atoms with Crippen molar-refractivity contribution in [1.82, 2.24) is 0 Å². The molecular formula is C34H25ClN2O4. The van der Waals surface area contributed by atoms with E-state index < -0.39 is 41.9 Å². The summed E-state index contributed by atoms with van der Waals surface area (Å²) in [6.45, 7) is 0. The number of hydrogen-bond acceptors (Lipinski definition) is 5. The highest BCUT2D eigenvalue weighted by Gasteiger charge is 2.65. The number of imide groups is 1. The van der Waals surface area contributed by atoms with Crippen molar-refractivity contribution in [3.05, 3.63) is 137 Å². The number of amides is 2. The number of esters is 1. The largest absolute Gasteiger partial charge is 0.451 e. The molecule has 0 bridgehead atoms. The second kappa shape index (κ2) is 10.1. The predicted molar refractivity (Wildman–Crippen MR) is 157 cm³/mol. The fraction of sp³-hybridized carbons (Fsp3) is 0.147. The van der Waals surface area contributed by atoms with Gasteiger partial charge >= 0.3 is 5.97 Å². The number of carbonyl (C=O) groups excluding carboxylic acids is 3. The van der Waals surface area contributed by atoms with Gasteiger partial charge in [0.25, 0.3) is 0 Å². The van der Waals surface area contributed by atoms with Crippen LogP contribution in [0.3, 0.4) is 0 Å². The van der Waals surface area contributed by atoms with Crippen molar-refractivity contribution < 1.29 is 19.1 Å². The molecule has 41 heavy (non-hydrogen) atoms. The van der Waals surface area contributed by atoms with Gasteiger partial charge in [-0.3, -0.25) is 9.59 Å². The second-order valence-corrected chi connectivity index (χ2v) is 10.9. The number of anilines is 2. The van der Waals surface area contributed by atoms with E-state index >= 15 is 0 Å². The van der Waals surface area contributed by atoms with Crippen molar-refractivity contribution in [1.29, 1.82) is 0 Å². The highest BCUT2D eigenvalue weighted by atomic mass is 35.5. The van der Waals surface area contributed by atoms with E-state index in [9.17, 15) is 14.4 Å². The molecule has 0 unspecified atom stereocenters. The van der Waals surface area contributed by atoms with Gasteiger partial charge in [0.1, 0.15) is 6.04 Å². The monoisotopic (exact) mass is 560 g/mol. The first-order valence-electron chi connectivity index (χ1n) is 13.5. The molecule has 3 aliphatic rings. The lowest BCUT2D eigenvalue weighted by atomic mass is 9.88. The van der Waals surface area contributed by atoms with Crippen LogP contribution in [0.4, 0.5) is 11.4 Å². The normalized spacial score (nSPS) is 22.5. The van der Waals surface area contributed by atoms with Crippen LogP contribution in [0.1, 0.15) is 22.8 Å². The standard InChI is InChI=1S/C34H25ClN2O4/c35-24-15-9-16-25(20-24)36-32(38)28-27-19-18-21-10-7-8-17-26(21)37(27)30(29(28)33(36)39)34(40)41-31(22-11-3-1-4-12-22)23-13-5-2-6-14-23/h1-20,27-31H/t27-,28-,29+,30+/m1/s1. The summed E-state index contributed by atoms with van der Waals surface area (Å²) in [7, 11) is 0. The van der Waals surface area contributed by atoms with Crippen LogP contribution < -0.4 is 9.80 Å². The molecular weight excluding hydrogens is 536 g/mol. The van der Waals surface area contributed by atoms with Crippen molar-refractivity contribution in [2.75, 3.05) is 9.80 Å². The minimum atomic E-state index is -1.01. The molecule has 7 rings (SSSR count). The van der Waals surface area contributed by atoms with Gasteiger partial charge in [0, 0.05) is 10.7 Å². The molecule has 0 saturated carbocycles. The molecule has 2 saturated heterocycles. The van der Waals surface area contributed by atoms with Crippen LogP contribution >= 0.6 is 11.6 Å². The molecule has 3 aliphatic heterocycles. The summed E-state index contributed by atoms with van der Waals surface area (Å²) in [6, 6.07) is 31.9. The summed E-state index contributed by atoms with van der Waals surface area (Å²) in [5.41, 5.74) is 3.73. The van der Waals surface area contributed by atoms with Crippen LogP contribution in [-0.2, 0) is 19.1 Å². The molecule has 0 aromatic heterocycles. The van der Waals surface area contributed by atoms with Crippen molar-refractivity contribution >= 4 is 46.8 Å². The zero-order valence-corrected chi connectivity index (χ0v) is 22.6. The summed E-state index contributed by atoms with van der Waals surface area (Å²) >= 11 is 6.22. The maximum Gasteiger partial charge on any atom is 0.330 e. The topological polar surface area (TPSA) is 66.9 Å². The van der Waals surface area contributed by atoms with Crippen LogP contribution in [-0.4, -0.2) is 29.9 Å². The Balaban J connectivity index is 1.32. The van der Waals surface area contributed by atoms with E-state index in [1.165, 1.54) is 4.90 Å². The van der Waals surface area contributed by atoms with Gasteiger partial charge in [0.15, 0.2) is 6.10 Å². The zero-order valence-electron chi connectivity index (χ0n) is 21.8. The van der Waals surface area contributed by atoms with E-state index in [2.05, 4.69) is 0 Å². The number of rotatable bonds is 5. The highest BCUT2D eigenvalue weighted by molar-refractivity contribution is 6.31. The first-order chi connectivity index (χ1) is 20.0. The fourth-order valence-corrected chi connectivity index (χ4v) is 6.61. The molecule has 3 heterocycles. The molecule has 7 heteroatoms. The Morgan fingerprint density at radius 1 is 0.756 bits per heavy atom. The third-order valence-corrected chi connectivity index (χ3v) is 8.40. The van der Waals surface area contributed by atoms with E-state index in [0.717, 1.165) is 22.4 Å². The Bertz CT molecular complexity index is 1650. The molecule has 4 aromatic rings. The average Bonchev–Trinajstić information content (AvgIpc) is 3.49. The quantitative estimate of drug-likeness (QED) is 0.219. The van der Waals surface area contributed by atoms with E-state index in [-0.39, 0.29) is 5.91 Å². The summed E-state index contributed by atoms with van der Waals surface area (Å²) in [5.74, 6) is -3.02. The number of carbonyl (C=O) groups is 3. The molecule has 0 N–H and O–H groups in total. The van der Waals surface area contributed by atoms with Crippen LogP contribution in [0.25, 0.3) is 6.08 Å². The predicted octanol–water partition coefficient (Wildman–Crippen LogP) is 6.06. The first kappa shape index (κ1) is 25.3. The lowest BCUT2D eigenvalue weighted by molar-refractivity contribution is -0.151. The summed E-state index contributed by atoms with van der Waals surface area (Å²) in [4.78, 5) is 45.5. The van der Waals surface area contributed by atoms with Gasteiger partial charge in [-0.1, -0.05) is 109 Å². The van der Waals surface area contributed by atoms with Crippen LogP contribution in [0.5, 0.6) is 0 Å². The molecule has 202 valence electrons.